The number of imide groups is 1. The summed E-state index contributed by atoms with van der Waals surface area (Å²) in [6, 6.07) is -0.448. The van der Waals surface area contributed by atoms with Crippen molar-refractivity contribution in [3.05, 3.63) is 0 Å². The van der Waals surface area contributed by atoms with Crippen molar-refractivity contribution in [3.8, 4) is 0 Å². The molecule has 1 saturated carbocycles. The molecular weight excluding hydrogens is 298 g/mol. The van der Waals surface area contributed by atoms with Crippen molar-refractivity contribution in [2.75, 3.05) is 26.2 Å². The highest BCUT2D eigenvalue weighted by atomic mass is 16.5. The van der Waals surface area contributed by atoms with Crippen molar-refractivity contribution >= 4 is 17.8 Å². The Bertz CT molecular complexity index is 517. The third-order valence-corrected chi connectivity index (χ3v) is 5.12. The lowest BCUT2D eigenvalue weighted by atomic mass is 9.96. The first-order valence-electron chi connectivity index (χ1n) is 8.49. The maximum absolute atomic E-state index is 12.6. The summed E-state index contributed by atoms with van der Waals surface area (Å²) in [7, 11) is 0. The predicted octanol–water partition coefficient (Wildman–Crippen LogP) is 0.734. The van der Waals surface area contributed by atoms with Crippen molar-refractivity contribution in [3.63, 3.8) is 0 Å². The Balaban J connectivity index is 1.61. The van der Waals surface area contributed by atoms with Gasteiger partial charge in [-0.1, -0.05) is 0 Å². The lowest BCUT2D eigenvalue weighted by Crippen LogP contribution is -2.49. The van der Waals surface area contributed by atoms with Crippen LogP contribution in [0.3, 0.4) is 0 Å². The number of ether oxygens (including phenoxy) is 1. The quantitative estimate of drug-likeness (QED) is 0.757. The van der Waals surface area contributed by atoms with Crippen LogP contribution < -0.4 is 5.32 Å². The van der Waals surface area contributed by atoms with Crippen molar-refractivity contribution in [2.24, 2.45) is 5.92 Å². The Morgan fingerprint density at radius 1 is 1.35 bits per heavy atom. The van der Waals surface area contributed by atoms with Crippen LogP contribution in [0.15, 0.2) is 0 Å². The number of amides is 4. The van der Waals surface area contributed by atoms with Gasteiger partial charge in [-0.3, -0.25) is 14.5 Å². The average molecular weight is 323 g/mol. The SMILES string of the molecule is CCO[C@@H]1CCCN(C(=O)CN2C(=O)N[C@](C)(C3CC3)C2=O)C1. The molecule has 2 saturated heterocycles. The molecule has 0 bridgehead atoms. The zero-order valence-electron chi connectivity index (χ0n) is 13.8. The summed E-state index contributed by atoms with van der Waals surface area (Å²) in [5.41, 5.74) is -0.826. The van der Waals surface area contributed by atoms with E-state index in [4.69, 9.17) is 4.74 Å². The van der Waals surface area contributed by atoms with Gasteiger partial charge in [-0.15, -0.1) is 0 Å². The van der Waals surface area contributed by atoms with Crippen LogP contribution in [0.25, 0.3) is 0 Å². The van der Waals surface area contributed by atoms with Crippen LogP contribution in [0.5, 0.6) is 0 Å². The van der Waals surface area contributed by atoms with E-state index in [1.54, 1.807) is 11.8 Å². The van der Waals surface area contributed by atoms with E-state index in [2.05, 4.69) is 5.32 Å². The summed E-state index contributed by atoms with van der Waals surface area (Å²) in [6.07, 6.45) is 3.79. The number of carbonyl (C=O) groups is 3. The van der Waals surface area contributed by atoms with Gasteiger partial charge in [-0.05, 0) is 45.4 Å². The average Bonchev–Trinajstić information content (AvgIpc) is 3.34. The van der Waals surface area contributed by atoms with Crippen molar-refractivity contribution in [2.45, 2.75) is 51.2 Å². The minimum absolute atomic E-state index is 0.0533. The monoisotopic (exact) mass is 323 g/mol. The first kappa shape index (κ1) is 16.2. The number of likely N-dealkylation sites (tertiary alicyclic amines) is 1. The number of nitrogens with zero attached hydrogens (tertiary/aromatic N) is 2. The van der Waals surface area contributed by atoms with E-state index in [1.165, 1.54) is 0 Å². The van der Waals surface area contributed by atoms with Gasteiger partial charge in [0.15, 0.2) is 0 Å². The Labute approximate surface area is 136 Å². The predicted molar refractivity (Wildman–Crippen MR) is 82.6 cm³/mol. The molecule has 3 fully saturated rings. The summed E-state index contributed by atoms with van der Waals surface area (Å²) in [5, 5.41) is 2.77. The fourth-order valence-corrected chi connectivity index (χ4v) is 3.57. The summed E-state index contributed by atoms with van der Waals surface area (Å²) >= 11 is 0. The number of nitrogens with one attached hydrogen (secondary N) is 1. The third kappa shape index (κ3) is 3.06. The smallest absolute Gasteiger partial charge is 0.325 e. The van der Waals surface area contributed by atoms with Gasteiger partial charge in [0, 0.05) is 19.7 Å². The largest absolute Gasteiger partial charge is 0.377 e. The second-order valence-electron chi connectivity index (χ2n) is 6.86. The molecule has 4 amide bonds. The molecule has 23 heavy (non-hydrogen) atoms. The zero-order chi connectivity index (χ0) is 16.6. The van der Waals surface area contributed by atoms with E-state index in [1.807, 2.05) is 6.92 Å². The highest BCUT2D eigenvalue weighted by molar-refractivity contribution is 6.09. The number of hydrogen-bond donors (Lipinski definition) is 1. The molecule has 7 nitrogen and oxygen atoms in total. The Hall–Kier alpha value is -1.63. The normalized spacial score (nSPS) is 31.5. The molecule has 2 atom stereocenters. The number of carbonyl (C=O) groups excluding carboxylic acids is 3. The summed E-state index contributed by atoms with van der Waals surface area (Å²) < 4.78 is 5.59. The molecule has 1 aliphatic carbocycles. The van der Waals surface area contributed by atoms with Gasteiger partial charge < -0.3 is 15.0 Å². The van der Waals surface area contributed by atoms with E-state index >= 15 is 0 Å². The minimum atomic E-state index is -0.826. The number of hydrogen-bond acceptors (Lipinski definition) is 4. The molecule has 0 aromatic carbocycles. The van der Waals surface area contributed by atoms with E-state index in [9.17, 15) is 14.4 Å². The zero-order valence-corrected chi connectivity index (χ0v) is 13.8. The van der Waals surface area contributed by atoms with Gasteiger partial charge in [0.25, 0.3) is 5.91 Å². The molecule has 128 valence electrons. The van der Waals surface area contributed by atoms with E-state index in [0.29, 0.717) is 19.7 Å². The van der Waals surface area contributed by atoms with E-state index in [-0.39, 0.29) is 30.4 Å². The van der Waals surface area contributed by atoms with Crippen molar-refractivity contribution in [1.29, 1.82) is 0 Å². The number of piperidine rings is 1. The van der Waals surface area contributed by atoms with Crippen LogP contribution in [-0.2, 0) is 14.3 Å². The molecule has 1 N–H and O–H groups in total. The lowest BCUT2D eigenvalue weighted by Gasteiger charge is -2.33. The molecule has 0 spiro atoms. The molecular formula is C16H25N3O4. The first-order valence-corrected chi connectivity index (χ1v) is 8.49. The van der Waals surface area contributed by atoms with Gasteiger partial charge in [-0.2, -0.15) is 0 Å². The molecule has 2 aliphatic heterocycles. The molecule has 0 aromatic rings. The van der Waals surface area contributed by atoms with Crippen LogP contribution in [-0.4, -0.2) is 65.5 Å². The summed E-state index contributed by atoms with van der Waals surface area (Å²) in [6.45, 7) is 5.35. The Morgan fingerprint density at radius 2 is 2.09 bits per heavy atom. The Morgan fingerprint density at radius 3 is 2.74 bits per heavy atom. The standard InChI is InChI=1S/C16H25N3O4/c1-3-23-12-5-4-8-18(9-12)13(20)10-19-14(21)16(2,11-6-7-11)17-15(19)22/h11-12H,3-10H2,1-2H3,(H,17,22)/t12-,16-/m1/s1. The molecule has 0 radical (unpaired) electrons. The van der Waals surface area contributed by atoms with Crippen molar-refractivity contribution in [1.82, 2.24) is 15.1 Å². The highest BCUT2D eigenvalue weighted by Crippen LogP contribution is 2.42. The fraction of sp³-hybridized carbons (Fsp3) is 0.812. The Kier molecular flexibility index (Phi) is 4.31. The minimum Gasteiger partial charge on any atom is -0.377 e. The second-order valence-corrected chi connectivity index (χ2v) is 6.86. The number of rotatable bonds is 5. The molecule has 7 heteroatoms. The van der Waals surface area contributed by atoms with Crippen LogP contribution in [0.1, 0.15) is 39.5 Å². The summed E-state index contributed by atoms with van der Waals surface area (Å²) in [4.78, 5) is 39.9. The first-order chi connectivity index (χ1) is 11.0. The molecule has 0 aromatic heterocycles. The van der Waals surface area contributed by atoms with E-state index < -0.39 is 11.6 Å². The van der Waals surface area contributed by atoms with Crippen LogP contribution in [0, 0.1) is 5.92 Å². The van der Waals surface area contributed by atoms with Gasteiger partial charge in [0.2, 0.25) is 5.91 Å². The fourth-order valence-electron chi connectivity index (χ4n) is 3.57. The van der Waals surface area contributed by atoms with Crippen LogP contribution in [0.2, 0.25) is 0 Å². The molecule has 0 unspecified atom stereocenters. The maximum Gasteiger partial charge on any atom is 0.325 e. The molecule has 2 heterocycles. The maximum atomic E-state index is 12.6. The topological polar surface area (TPSA) is 79.0 Å². The highest BCUT2D eigenvalue weighted by Gasteiger charge is 2.56. The number of urea groups is 1. The van der Waals surface area contributed by atoms with Gasteiger partial charge in [-0.25, -0.2) is 4.79 Å². The van der Waals surface area contributed by atoms with Gasteiger partial charge in [0.05, 0.1) is 6.10 Å². The van der Waals surface area contributed by atoms with Gasteiger partial charge in [0.1, 0.15) is 12.1 Å². The second kappa shape index (κ2) is 6.11. The van der Waals surface area contributed by atoms with Crippen LogP contribution in [0.4, 0.5) is 4.79 Å². The van der Waals surface area contributed by atoms with Crippen molar-refractivity contribution < 1.29 is 19.1 Å². The van der Waals surface area contributed by atoms with Crippen LogP contribution >= 0.6 is 0 Å². The molecule has 3 aliphatic rings. The lowest BCUT2D eigenvalue weighted by molar-refractivity contribution is -0.141. The molecule has 3 rings (SSSR count). The summed E-state index contributed by atoms with van der Waals surface area (Å²) in [5.74, 6) is -0.244. The third-order valence-electron chi connectivity index (χ3n) is 5.12. The van der Waals surface area contributed by atoms with E-state index in [0.717, 1.165) is 30.6 Å². The van der Waals surface area contributed by atoms with Gasteiger partial charge >= 0.3 is 6.03 Å².